The number of methoxy groups -OCH3 is 1. The van der Waals surface area contributed by atoms with Crippen molar-refractivity contribution in [1.29, 1.82) is 0 Å². The Bertz CT molecular complexity index is 1560. The number of aryl methyl sites for hydroxylation is 1. The minimum absolute atomic E-state index is 0.454. The lowest BCUT2D eigenvalue weighted by atomic mass is 9.91. The normalized spacial score (nSPS) is 16.5. The van der Waals surface area contributed by atoms with E-state index in [0.717, 1.165) is 62.7 Å². The van der Waals surface area contributed by atoms with E-state index in [0.29, 0.717) is 17.0 Å². The third-order valence-corrected chi connectivity index (χ3v) is 8.61. The highest BCUT2D eigenvalue weighted by Gasteiger charge is 2.33. The van der Waals surface area contributed by atoms with Crippen LogP contribution in [0.3, 0.4) is 0 Å². The van der Waals surface area contributed by atoms with Crippen LogP contribution in [0.4, 0.5) is 5.95 Å². The summed E-state index contributed by atoms with van der Waals surface area (Å²) >= 11 is 7.80. The first-order chi connectivity index (χ1) is 19.4. The molecule has 0 bridgehead atoms. The smallest absolute Gasteiger partial charge is 0.339 e. The summed E-state index contributed by atoms with van der Waals surface area (Å²) in [6.45, 7) is 9.57. The van der Waals surface area contributed by atoms with Crippen LogP contribution in [0.25, 0.3) is 32.0 Å². The van der Waals surface area contributed by atoms with Crippen LogP contribution in [0.5, 0.6) is 0 Å². The average molecular weight is 594 g/mol. The Balaban J connectivity index is 1.67. The topological polar surface area (TPSA) is 80.7 Å². The summed E-state index contributed by atoms with van der Waals surface area (Å²) in [7, 11) is 5.60. The Morgan fingerprint density at radius 1 is 1.17 bits per heavy atom. The van der Waals surface area contributed by atoms with Crippen molar-refractivity contribution >= 4 is 45.1 Å². The zero-order chi connectivity index (χ0) is 29.5. The van der Waals surface area contributed by atoms with Gasteiger partial charge >= 0.3 is 5.97 Å². The number of fused-ring (bicyclic) bond motifs is 1. The lowest BCUT2D eigenvalue weighted by Gasteiger charge is -2.28. The van der Waals surface area contributed by atoms with Crippen LogP contribution < -0.4 is 4.90 Å². The molecule has 1 unspecified atom stereocenters. The van der Waals surface area contributed by atoms with Crippen molar-refractivity contribution in [1.82, 2.24) is 19.9 Å². The molecule has 10 heteroatoms. The maximum Gasteiger partial charge on any atom is 0.339 e. The van der Waals surface area contributed by atoms with Gasteiger partial charge in [0.2, 0.25) is 5.95 Å². The van der Waals surface area contributed by atoms with Gasteiger partial charge in [0.15, 0.2) is 6.10 Å². The van der Waals surface area contributed by atoms with E-state index in [1.165, 1.54) is 7.11 Å². The van der Waals surface area contributed by atoms with E-state index in [-0.39, 0.29) is 0 Å². The summed E-state index contributed by atoms with van der Waals surface area (Å²) in [6, 6.07) is 12.0. The van der Waals surface area contributed by atoms with Crippen LogP contribution in [0.1, 0.15) is 44.4 Å². The van der Waals surface area contributed by atoms with Gasteiger partial charge in [-0.1, -0.05) is 23.7 Å². The molecule has 0 amide bonds. The molecule has 0 aliphatic carbocycles. The molecule has 0 radical (unpaired) electrons. The second-order valence-electron chi connectivity index (χ2n) is 11.6. The molecule has 3 heterocycles. The molecule has 5 rings (SSSR count). The van der Waals surface area contributed by atoms with E-state index in [9.17, 15) is 4.79 Å². The summed E-state index contributed by atoms with van der Waals surface area (Å²) in [5, 5.41) is 1.41. The molecule has 1 aliphatic heterocycles. The van der Waals surface area contributed by atoms with E-state index in [1.54, 1.807) is 17.5 Å². The molecule has 1 fully saturated rings. The van der Waals surface area contributed by atoms with Gasteiger partial charge in [-0.2, -0.15) is 0 Å². The monoisotopic (exact) mass is 593 g/mol. The van der Waals surface area contributed by atoms with E-state index in [4.69, 9.17) is 31.0 Å². The van der Waals surface area contributed by atoms with Gasteiger partial charge in [0, 0.05) is 41.5 Å². The first-order valence-corrected chi connectivity index (χ1v) is 14.8. The van der Waals surface area contributed by atoms with Crippen molar-refractivity contribution in [3.05, 3.63) is 58.7 Å². The standard InChI is InChI=1S/C31H36ClN5O3S/c1-18-16-23-27(41-28(34-23)22-12-14-33-30(35-22)37-15-13-21(17-37)36(5)6)25(19-8-10-20(32)11-9-19)24(18)26(29(38)39-7)40-31(2,3)4/h8-12,14,16,21,26H,13,15,17H2,1-7H3/t21-,26?/m1/s1. The fourth-order valence-electron chi connectivity index (χ4n) is 5.21. The molecule has 216 valence electrons. The molecule has 0 spiro atoms. The minimum Gasteiger partial charge on any atom is -0.467 e. The third-order valence-electron chi connectivity index (χ3n) is 7.25. The molecular weight excluding hydrogens is 558 g/mol. The molecule has 2 aromatic heterocycles. The first-order valence-electron chi connectivity index (χ1n) is 13.7. The number of carbonyl (C=O) groups is 1. The van der Waals surface area contributed by atoms with Crippen molar-refractivity contribution in [2.75, 3.05) is 39.2 Å². The van der Waals surface area contributed by atoms with Crippen molar-refractivity contribution in [2.45, 2.75) is 51.9 Å². The fraction of sp³-hybridized carbons (Fsp3) is 0.419. The highest BCUT2D eigenvalue weighted by atomic mass is 35.5. The highest BCUT2D eigenvalue weighted by Crippen LogP contribution is 2.44. The Hall–Kier alpha value is -3.11. The van der Waals surface area contributed by atoms with Crippen LogP contribution in [0.2, 0.25) is 5.02 Å². The predicted octanol–water partition coefficient (Wildman–Crippen LogP) is 6.55. The fourth-order valence-corrected chi connectivity index (χ4v) is 6.43. The van der Waals surface area contributed by atoms with Crippen molar-refractivity contribution in [3.8, 4) is 21.8 Å². The zero-order valence-corrected chi connectivity index (χ0v) is 26.1. The number of nitrogens with zero attached hydrogens (tertiary/aromatic N) is 5. The Labute approximate surface area is 250 Å². The number of likely N-dealkylation sites (N-methyl/N-ethyl adjacent to an activating group) is 1. The number of halogens is 1. The molecule has 41 heavy (non-hydrogen) atoms. The Kier molecular flexibility index (Phi) is 8.34. The number of esters is 1. The number of thiazole rings is 1. The molecule has 1 aliphatic rings. The number of ether oxygens (including phenoxy) is 2. The van der Waals surface area contributed by atoms with Crippen LogP contribution in [0, 0.1) is 6.92 Å². The maximum absolute atomic E-state index is 13.2. The molecule has 8 nitrogen and oxygen atoms in total. The molecule has 2 aromatic carbocycles. The summed E-state index contributed by atoms with van der Waals surface area (Å²) in [6.07, 6.45) is 1.95. The van der Waals surface area contributed by atoms with Gasteiger partial charge in [-0.15, -0.1) is 11.3 Å². The van der Waals surface area contributed by atoms with Crippen molar-refractivity contribution in [3.63, 3.8) is 0 Å². The van der Waals surface area contributed by atoms with Crippen molar-refractivity contribution < 1.29 is 14.3 Å². The average Bonchev–Trinajstić information content (AvgIpc) is 3.59. The number of hydrogen-bond donors (Lipinski definition) is 0. The van der Waals surface area contributed by atoms with Crippen LogP contribution in [0.15, 0.2) is 42.6 Å². The van der Waals surface area contributed by atoms with E-state index < -0.39 is 17.7 Å². The maximum atomic E-state index is 13.2. The molecular formula is C31H36ClN5O3S. The lowest BCUT2D eigenvalue weighted by Crippen LogP contribution is -2.32. The summed E-state index contributed by atoms with van der Waals surface area (Å²) in [5.74, 6) is 0.259. The molecule has 2 atom stereocenters. The van der Waals surface area contributed by atoms with Crippen molar-refractivity contribution in [2.24, 2.45) is 0 Å². The van der Waals surface area contributed by atoms with Gasteiger partial charge in [-0.05, 0) is 83.6 Å². The van der Waals surface area contributed by atoms with Crippen LogP contribution in [-0.4, -0.2) is 71.8 Å². The van der Waals surface area contributed by atoms with Crippen LogP contribution >= 0.6 is 22.9 Å². The van der Waals surface area contributed by atoms with E-state index in [2.05, 4.69) is 28.9 Å². The molecule has 1 saturated heterocycles. The van der Waals surface area contributed by atoms with Gasteiger partial charge in [0.05, 0.1) is 22.9 Å². The first kappa shape index (κ1) is 29.4. The molecule has 4 aromatic rings. The highest BCUT2D eigenvalue weighted by molar-refractivity contribution is 7.22. The van der Waals surface area contributed by atoms with Gasteiger partial charge in [-0.25, -0.2) is 19.7 Å². The summed E-state index contributed by atoms with van der Waals surface area (Å²) < 4.78 is 12.5. The number of hydrogen-bond acceptors (Lipinski definition) is 9. The van der Waals surface area contributed by atoms with Gasteiger partial charge in [0.1, 0.15) is 10.7 Å². The van der Waals surface area contributed by atoms with Gasteiger partial charge < -0.3 is 19.3 Å². The summed E-state index contributed by atoms with van der Waals surface area (Å²) in [4.78, 5) is 32.2. The number of aromatic nitrogens is 3. The van der Waals surface area contributed by atoms with Gasteiger partial charge in [0.25, 0.3) is 0 Å². The Morgan fingerprint density at radius 3 is 2.54 bits per heavy atom. The second-order valence-corrected chi connectivity index (χ2v) is 13.0. The minimum atomic E-state index is -0.925. The second kappa shape index (κ2) is 11.6. The lowest BCUT2D eigenvalue weighted by molar-refractivity contribution is -0.164. The predicted molar refractivity (Wildman–Crippen MR) is 166 cm³/mol. The van der Waals surface area contributed by atoms with E-state index in [1.807, 2.05) is 64.1 Å². The molecule has 0 N–H and O–H groups in total. The molecule has 0 saturated carbocycles. The number of anilines is 1. The summed E-state index contributed by atoms with van der Waals surface area (Å²) in [5.41, 5.74) is 4.43. The zero-order valence-electron chi connectivity index (χ0n) is 24.6. The third kappa shape index (κ3) is 6.23. The van der Waals surface area contributed by atoms with Gasteiger partial charge in [-0.3, -0.25) is 0 Å². The number of carbonyl (C=O) groups excluding carboxylic acids is 1. The number of rotatable bonds is 7. The van der Waals surface area contributed by atoms with E-state index >= 15 is 0 Å². The number of benzene rings is 2. The quantitative estimate of drug-likeness (QED) is 0.223. The van der Waals surface area contributed by atoms with Crippen LogP contribution in [-0.2, 0) is 14.3 Å². The SMILES string of the molecule is COC(=O)C(OC(C)(C)C)c1c(C)cc2nc(-c3ccnc(N4CC[C@@H](N(C)C)C4)n3)sc2c1-c1ccc(Cl)cc1. The largest absolute Gasteiger partial charge is 0.467 e. The Morgan fingerprint density at radius 2 is 1.90 bits per heavy atom.